The molecule has 1 fully saturated rings. The second kappa shape index (κ2) is 4.89. The molecule has 2 aromatic heterocycles. The van der Waals surface area contributed by atoms with Crippen LogP contribution in [0.15, 0.2) is 28.1 Å². The molecule has 1 aliphatic heterocycles. The van der Waals surface area contributed by atoms with Gasteiger partial charge in [-0.05, 0) is 11.4 Å². The molecule has 20 heavy (non-hydrogen) atoms. The Hall–Kier alpha value is -2.48. The summed E-state index contributed by atoms with van der Waals surface area (Å²) >= 11 is 1.46. The van der Waals surface area contributed by atoms with Gasteiger partial charge in [-0.25, -0.2) is 0 Å². The second-order valence-corrected chi connectivity index (χ2v) is 5.13. The van der Waals surface area contributed by atoms with Gasteiger partial charge in [0.05, 0.1) is 4.88 Å². The SMILES string of the molecule is O=C1CN(C(=O)c2cc(-c3cccs3)on2)CC(=O)N1. The third-order valence-corrected chi connectivity index (χ3v) is 3.61. The van der Waals surface area contributed by atoms with Crippen LogP contribution in [0, 0.1) is 0 Å². The number of piperazine rings is 1. The summed E-state index contributed by atoms with van der Waals surface area (Å²) in [5.41, 5.74) is 0.0795. The summed E-state index contributed by atoms with van der Waals surface area (Å²) in [7, 11) is 0. The van der Waals surface area contributed by atoms with Crippen LogP contribution in [0.3, 0.4) is 0 Å². The first kappa shape index (κ1) is 12.5. The van der Waals surface area contributed by atoms with Crippen molar-refractivity contribution >= 4 is 29.1 Å². The van der Waals surface area contributed by atoms with Crippen LogP contribution in [0.5, 0.6) is 0 Å². The highest BCUT2D eigenvalue weighted by Crippen LogP contribution is 2.25. The van der Waals surface area contributed by atoms with Gasteiger partial charge in [0.2, 0.25) is 11.8 Å². The molecule has 0 aliphatic carbocycles. The molecule has 102 valence electrons. The lowest BCUT2D eigenvalue weighted by molar-refractivity contribution is -0.135. The van der Waals surface area contributed by atoms with Crippen molar-refractivity contribution in [3.05, 3.63) is 29.3 Å². The molecular formula is C12H9N3O4S. The maximum Gasteiger partial charge on any atom is 0.276 e. The second-order valence-electron chi connectivity index (χ2n) is 4.19. The number of nitrogens with zero attached hydrogens (tertiary/aromatic N) is 2. The minimum Gasteiger partial charge on any atom is -0.355 e. The lowest BCUT2D eigenvalue weighted by atomic mass is 10.2. The fourth-order valence-electron chi connectivity index (χ4n) is 1.85. The van der Waals surface area contributed by atoms with Gasteiger partial charge in [0.15, 0.2) is 11.5 Å². The Morgan fingerprint density at radius 1 is 1.35 bits per heavy atom. The number of carbonyl (C=O) groups is 3. The standard InChI is InChI=1S/C12H9N3O4S/c16-10-5-15(6-11(17)13-10)12(18)7-4-8(19-14-7)9-2-1-3-20-9/h1-4H,5-6H2,(H,13,16,17). The van der Waals surface area contributed by atoms with E-state index >= 15 is 0 Å². The van der Waals surface area contributed by atoms with Crippen LogP contribution in [0.2, 0.25) is 0 Å². The van der Waals surface area contributed by atoms with Crippen molar-refractivity contribution in [3.8, 4) is 10.6 Å². The van der Waals surface area contributed by atoms with Gasteiger partial charge in [-0.3, -0.25) is 19.7 Å². The first-order valence-electron chi connectivity index (χ1n) is 5.76. The summed E-state index contributed by atoms with van der Waals surface area (Å²) in [5, 5.41) is 7.71. The first-order chi connectivity index (χ1) is 9.63. The predicted octanol–water partition coefficient (Wildman–Crippen LogP) is 0.502. The van der Waals surface area contributed by atoms with E-state index in [1.165, 1.54) is 17.4 Å². The number of amides is 3. The summed E-state index contributed by atoms with van der Waals surface area (Å²) < 4.78 is 5.10. The van der Waals surface area contributed by atoms with Crippen LogP contribution in [0.25, 0.3) is 10.6 Å². The molecule has 1 saturated heterocycles. The fourth-order valence-corrected chi connectivity index (χ4v) is 2.53. The Balaban J connectivity index is 1.81. The number of thiophene rings is 1. The Morgan fingerprint density at radius 2 is 2.10 bits per heavy atom. The van der Waals surface area contributed by atoms with Gasteiger partial charge in [0.1, 0.15) is 13.1 Å². The van der Waals surface area contributed by atoms with Crippen LogP contribution in [-0.2, 0) is 9.59 Å². The summed E-state index contributed by atoms with van der Waals surface area (Å²) in [6, 6.07) is 5.21. The van der Waals surface area contributed by atoms with Crippen LogP contribution in [0.1, 0.15) is 10.5 Å². The Bertz CT molecular complexity index is 661. The van der Waals surface area contributed by atoms with Gasteiger partial charge in [0.25, 0.3) is 5.91 Å². The molecule has 0 atom stereocenters. The number of hydrogen-bond donors (Lipinski definition) is 1. The number of aromatic nitrogens is 1. The van der Waals surface area contributed by atoms with Crippen LogP contribution in [0.4, 0.5) is 0 Å². The predicted molar refractivity (Wildman–Crippen MR) is 68.9 cm³/mol. The molecule has 0 radical (unpaired) electrons. The Labute approximate surface area is 117 Å². The topological polar surface area (TPSA) is 92.5 Å². The van der Waals surface area contributed by atoms with Crippen molar-refractivity contribution in [3.63, 3.8) is 0 Å². The average molecular weight is 291 g/mol. The Morgan fingerprint density at radius 3 is 2.75 bits per heavy atom. The molecule has 3 rings (SSSR count). The molecule has 1 aliphatic rings. The van der Waals surface area contributed by atoms with E-state index in [-0.39, 0.29) is 18.8 Å². The van der Waals surface area contributed by atoms with E-state index in [1.807, 2.05) is 17.5 Å². The highest BCUT2D eigenvalue weighted by Gasteiger charge is 2.29. The van der Waals surface area contributed by atoms with Crippen LogP contribution >= 0.6 is 11.3 Å². The van der Waals surface area contributed by atoms with Crippen LogP contribution < -0.4 is 5.32 Å². The highest BCUT2D eigenvalue weighted by molar-refractivity contribution is 7.13. The zero-order chi connectivity index (χ0) is 14.1. The molecule has 7 nitrogen and oxygen atoms in total. The lowest BCUT2D eigenvalue weighted by Gasteiger charge is -2.24. The van der Waals surface area contributed by atoms with Crippen molar-refractivity contribution in [1.29, 1.82) is 0 Å². The van der Waals surface area contributed by atoms with Crippen molar-refractivity contribution < 1.29 is 18.9 Å². The fraction of sp³-hybridized carbons (Fsp3) is 0.167. The average Bonchev–Trinajstić information content (AvgIpc) is 3.07. The zero-order valence-corrected chi connectivity index (χ0v) is 11.0. The molecule has 0 saturated carbocycles. The van der Waals surface area contributed by atoms with Crippen molar-refractivity contribution in [2.75, 3.05) is 13.1 Å². The van der Waals surface area contributed by atoms with Gasteiger partial charge in [-0.1, -0.05) is 11.2 Å². The van der Waals surface area contributed by atoms with Gasteiger partial charge in [-0.2, -0.15) is 0 Å². The minimum absolute atomic E-state index is 0.0795. The monoisotopic (exact) mass is 291 g/mol. The van der Waals surface area contributed by atoms with Crippen molar-refractivity contribution in [2.45, 2.75) is 0 Å². The van der Waals surface area contributed by atoms with E-state index < -0.39 is 17.7 Å². The molecule has 0 spiro atoms. The highest BCUT2D eigenvalue weighted by atomic mass is 32.1. The summed E-state index contributed by atoms with van der Waals surface area (Å²) in [5.74, 6) is -1.02. The molecule has 0 unspecified atom stereocenters. The number of carbonyl (C=O) groups excluding carboxylic acids is 3. The van der Waals surface area contributed by atoms with Gasteiger partial charge >= 0.3 is 0 Å². The zero-order valence-electron chi connectivity index (χ0n) is 10.2. The summed E-state index contributed by atoms with van der Waals surface area (Å²) in [6.45, 7) is -0.322. The molecule has 2 aromatic rings. The van der Waals surface area contributed by atoms with Gasteiger partial charge < -0.3 is 9.42 Å². The molecule has 0 bridgehead atoms. The quantitative estimate of drug-likeness (QED) is 0.813. The third-order valence-electron chi connectivity index (χ3n) is 2.73. The van der Waals surface area contributed by atoms with Crippen molar-refractivity contribution in [1.82, 2.24) is 15.4 Å². The number of hydrogen-bond acceptors (Lipinski definition) is 6. The molecule has 3 amide bonds. The van der Waals surface area contributed by atoms with Gasteiger partial charge in [-0.15, -0.1) is 11.3 Å². The largest absolute Gasteiger partial charge is 0.355 e. The number of nitrogens with one attached hydrogen (secondary N) is 1. The molecule has 3 heterocycles. The first-order valence-corrected chi connectivity index (χ1v) is 6.64. The molecule has 0 aromatic carbocycles. The smallest absolute Gasteiger partial charge is 0.276 e. The van der Waals surface area contributed by atoms with E-state index in [0.717, 1.165) is 9.78 Å². The van der Waals surface area contributed by atoms with E-state index in [9.17, 15) is 14.4 Å². The van der Waals surface area contributed by atoms with Crippen LogP contribution in [-0.4, -0.2) is 40.9 Å². The van der Waals surface area contributed by atoms with E-state index in [2.05, 4.69) is 10.5 Å². The molecule has 8 heteroatoms. The third kappa shape index (κ3) is 2.32. The van der Waals surface area contributed by atoms with Gasteiger partial charge in [0, 0.05) is 6.07 Å². The van der Waals surface area contributed by atoms with E-state index in [1.54, 1.807) is 0 Å². The normalized spacial score (nSPS) is 15.3. The lowest BCUT2D eigenvalue weighted by Crippen LogP contribution is -2.53. The minimum atomic E-state index is -0.503. The maximum absolute atomic E-state index is 12.1. The molecule has 1 N–H and O–H groups in total. The maximum atomic E-state index is 12.1. The number of rotatable bonds is 2. The summed E-state index contributed by atoms with van der Waals surface area (Å²) in [6.07, 6.45) is 0. The van der Waals surface area contributed by atoms with E-state index in [0.29, 0.717) is 5.76 Å². The van der Waals surface area contributed by atoms with Crippen molar-refractivity contribution in [2.24, 2.45) is 0 Å². The molecular weight excluding hydrogens is 282 g/mol. The summed E-state index contributed by atoms with van der Waals surface area (Å²) in [4.78, 5) is 36.6. The Kier molecular flexibility index (Phi) is 3.07. The van der Waals surface area contributed by atoms with E-state index in [4.69, 9.17) is 4.52 Å². The number of imide groups is 1.